The molecule has 1 rings (SSSR count). The zero-order valence-corrected chi connectivity index (χ0v) is 8.72. The van der Waals surface area contributed by atoms with Crippen LogP contribution in [-0.2, 0) is 9.59 Å². The zero-order valence-electron chi connectivity index (χ0n) is 8.72. The summed E-state index contributed by atoms with van der Waals surface area (Å²) >= 11 is 0. The number of rotatable bonds is 5. The Balaban J connectivity index is 2.51. The normalized spacial score (nSPS) is 10.3. The van der Waals surface area contributed by atoms with Crippen molar-refractivity contribution in [2.45, 2.75) is 0 Å². The maximum absolute atomic E-state index is 11.2. The van der Waals surface area contributed by atoms with Crippen molar-refractivity contribution in [3.63, 3.8) is 0 Å². The van der Waals surface area contributed by atoms with Gasteiger partial charge in [0.05, 0.1) is 6.61 Å². The fraction of sp³-hybridized carbons (Fsp3) is 0.167. The molecule has 0 spiro atoms. The Morgan fingerprint density at radius 3 is 2.56 bits per heavy atom. The predicted molar refractivity (Wildman–Crippen MR) is 60.6 cm³/mol. The first-order valence-electron chi connectivity index (χ1n) is 4.90. The minimum atomic E-state index is -0.707. The number of carbonyl (C=O) groups excluding carboxylic acids is 2. The highest BCUT2D eigenvalue weighted by Gasteiger charge is 2.07. The van der Waals surface area contributed by atoms with Crippen LogP contribution in [0, 0.1) is 0 Å². The molecule has 0 aliphatic carbocycles. The minimum absolute atomic E-state index is 0.0871. The van der Waals surface area contributed by atoms with Gasteiger partial charge in [0.25, 0.3) is 5.91 Å². The highest BCUT2D eigenvalue weighted by Crippen LogP contribution is 2.00. The fourth-order valence-electron chi connectivity index (χ4n) is 1.07. The lowest BCUT2D eigenvalue weighted by atomic mass is 10.2. The van der Waals surface area contributed by atoms with Crippen LogP contribution in [0.5, 0.6) is 0 Å². The maximum atomic E-state index is 11.2. The molecule has 2 N–H and O–H groups in total. The maximum Gasteiger partial charge on any atom is 0.291 e. The van der Waals surface area contributed by atoms with Crippen LogP contribution in [-0.4, -0.2) is 29.9 Å². The van der Waals surface area contributed by atoms with Crippen molar-refractivity contribution in [2.75, 3.05) is 13.2 Å². The van der Waals surface area contributed by atoms with E-state index in [0.29, 0.717) is 0 Å². The van der Waals surface area contributed by atoms with Gasteiger partial charge in [-0.25, -0.2) is 0 Å². The fourth-order valence-corrected chi connectivity index (χ4v) is 1.07. The topological polar surface area (TPSA) is 66.4 Å². The van der Waals surface area contributed by atoms with Crippen molar-refractivity contribution in [3.05, 3.63) is 42.0 Å². The first-order chi connectivity index (χ1) is 7.74. The van der Waals surface area contributed by atoms with Gasteiger partial charge in [0.15, 0.2) is 0 Å². The van der Waals surface area contributed by atoms with Crippen LogP contribution < -0.4 is 5.32 Å². The van der Waals surface area contributed by atoms with Gasteiger partial charge in [-0.1, -0.05) is 36.4 Å². The monoisotopic (exact) mass is 219 g/mol. The number of carbonyl (C=O) groups is 2. The number of aliphatic hydroxyl groups is 1. The first kappa shape index (κ1) is 12.1. The van der Waals surface area contributed by atoms with E-state index in [-0.39, 0.29) is 13.2 Å². The molecular formula is C12H13NO3. The molecule has 0 saturated carbocycles. The lowest BCUT2D eigenvalue weighted by Crippen LogP contribution is -2.31. The summed E-state index contributed by atoms with van der Waals surface area (Å²) in [5.41, 5.74) is 0.853. The number of aliphatic hydroxyl groups excluding tert-OH is 1. The van der Waals surface area contributed by atoms with Crippen LogP contribution in [0.1, 0.15) is 5.56 Å². The molecule has 16 heavy (non-hydrogen) atoms. The molecule has 0 aromatic heterocycles. The number of benzene rings is 1. The molecule has 0 radical (unpaired) electrons. The predicted octanol–water partition coefficient (Wildman–Crippen LogP) is 0.377. The van der Waals surface area contributed by atoms with Gasteiger partial charge in [-0.2, -0.15) is 0 Å². The summed E-state index contributed by atoms with van der Waals surface area (Å²) in [7, 11) is 0. The summed E-state index contributed by atoms with van der Waals surface area (Å²) in [5, 5.41) is 10.7. The standard InChI is InChI=1S/C12H13NO3/c14-9-8-13-12(16)11(15)7-6-10-4-2-1-3-5-10/h1-7,14H,8-9H2,(H,13,16). The summed E-state index contributed by atoms with van der Waals surface area (Å²) in [6, 6.07) is 9.21. The van der Waals surface area contributed by atoms with Crippen LogP contribution in [0.2, 0.25) is 0 Å². The van der Waals surface area contributed by atoms with Gasteiger partial charge in [0, 0.05) is 6.54 Å². The Hall–Kier alpha value is -1.94. The molecule has 0 heterocycles. The molecule has 0 unspecified atom stereocenters. The molecule has 0 aliphatic heterocycles. The summed E-state index contributed by atoms with van der Waals surface area (Å²) in [5.74, 6) is -1.33. The molecular weight excluding hydrogens is 206 g/mol. The first-order valence-corrected chi connectivity index (χ1v) is 4.90. The molecule has 0 fully saturated rings. The van der Waals surface area contributed by atoms with E-state index >= 15 is 0 Å². The number of hydrogen-bond acceptors (Lipinski definition) is 3. The molecule has 1 aromatic rings. The van der Waals surface area contributed by atoms with E-state index in [1.807, 2.05) is 30.3 Å². The molecule has 0 saturated heterocycles. The van der Waals surface area contributed by atoms with Crippen molar-refractivity contribution in [1.82, 2.24) is 5.32 Å². The summed E-state index contributed by atoms with van der Waals surface area (Å²) in [6.45, 7) is -0.0921. The van der Waals surface area contributed by atoms with Crippen molar-refractivity contribution in [3.8, 4) is 0 Å². The second-order valence-corrected chi connectivity index (χ2v) is 3.09. The van der Waals surface area contributed by atoms with Gasteiger partial charge in [-0.15, -0.1) is 0 Å². The van der Waals surface area contributed by atoms with Crippen LogP contribution >= 0.6 is 0 Å². The Kier molecular flexibility index (Phi) is 4.95. The van der Waals surface area contributed by atoms with Crippen LogP contribution in [0.15, 0.2) is 36.4 Å². The SMILES string of the molecule is O=C(C=Cc1ccccc1)C(=O)NCCO. The summed E-state index contributed by atoms with van der Waals surface area (Å²) < 4.78 is 0. The van der Waals surface area contributed by atoms with Crippen LogP contribution in [0.25, 0.3) is 6.08 Å². The number of amides is 1. The molecule has 84 valence electrons. The lowest BCUT2D eigenvalue weighted by Gasteiger charge is -1.98. The zero-order chi connectivity index (χ0) is 11.8. The van der Waals surface area contributed by atoms with E-state index in [0.717, 1.165) is 5.56 Å². The third kappa shape index (κ3) is 4.06. The smallest absolute Gasteiger partial charge is 0.291 e. The van der Waals surface area contributed by atoms with Gasteiger partial charge in [0.2, 0.25) is 5.78 Å². The molecule has 4 nitrogen and oxygen atoms in total. The quantitative estimate of drug-likeness (QED) is 0.555. The van der Waals surface area contributed by atoms with E-state index in [2.05, 4.69) is 5.32 Å². The van der Waals surface area contributed by atoms with Gasteiger partial charge in [-0.05, 0) is 11.6 Å². The van der Waals surface area contributed by atoms with Crippen LogP contribution in [0.3, 0.4) is 0 Å². The highest BCUT2D eigenvalue weighted by atomic mass is 16.3. The second kappa shape index (κ2) is 6.53. The molecule has 0 atom stereocenters. The largest absolute Gasteiger partial charge is 0.395 e. The third-order valence-electron chi connectivity index (χ3n) is 1.85. The summed E-state index contributed by atoms with van der Waals surface area (Å²) in [4.78, 5) is 22.3. The van der Waals surface area contributed by atoms with E-state index in [9.17, 15) is 9.59 Å². The Labute approximate surface area is 93.6 Å². The Bertz CT molecular complexity index is 385. The van der Waals surface area contributed by atoms with Gasteiger partial charge < -0.3 is 10.4 Å². The minimum Gasteiger partial charge on any atom is -0.395 e. The van der Waals surface area contributed by atoms with Crippen molar-refractivity contribution in [2.24, 2.45) is 0 Å². The van der Waals surface area contributed by atoms with Gasteiger partial charge in [0.1, 0.15) is 0 Å². The van der Waals surface area contributed by atoms with E-state index in [4.69, 9.17) is 5.11 Å². The van der Waals surface area contributed by atoms with E-state index in [1.165, 1.54) is 6.08 Å². The van der Waals surface area contributed by atoms with Crippen LogP contribution in [0.4, 0.5) is 0 Å². The highest BCUT2D eigenvalue weighted by molar-refractivity contribution is 6.41. The molecule has 1 aromatic carbocycles. The lowest BCUT2D eigenvalue weighted by molar-refractivity contribution is -0.135. The van der Waals surface area contributed by atoms with Crippen molar-refractivity contribution < 1.29 is 14.7 Å². The number of ketones is 1. The third-order valence-corrected chi connectivity index (χ3v) is 1.85. The van der Waals surface area contributed by atoms with Crippen molar-refractivity contribution >= 4 is 17.8 Å². The second-order valence-electron chi connectivity index (χ2n) is 3.09. The average molecular weight is 219 g/mol. The Morgan fingerprint density at radius 2 is 1.94 bits per heavy atom. The number of hydrogen-bond donors (Lipinski definition) is 2. The molecule has 4 heteroatoms. The van der Waals surface area contributed by atoms with E-state index in [1.54, 1.807) is 6.08 Å². The number of nitrogens with one attached hydrogen (secondary N) is 1. The van der Waals surface area contributed by atoms with Gasteiger partial charge in [-0.3, -0.25) is 9.59 Å². The molecule has 1 amide bonds. The summed E-state index contributed by atoms with van der Waals surface area (Å²) in [6.07, 6.45) is 2.78. The average Bonchev–Trinajstić information content (AvgIpc) is 2.34. The van der Waals surface area contributed by atoms with Crippen molar-refractivity contribution in [1.29, 1.82) is 0 Å². The molecule has 0 aliphatic rings. The Morgan fingerprint density at radius 1 is 1.25 bits per heavy atom. The molecule has 0 bridgehead atoms. The van der Waals surface area contributed by atoms with Gasteiger partial charge >= 0.3 is 0 Å². The van der Waals surface area contributed by atoms with E-state index < -0.39 is 11.7 Å².